The molecule has 0 atom stereocenters. The van der Waals surface area contributed by atoms with E-state index in [0.717, 1.165) is 16.7 Å². The summed E-state index contributed by atoms with van der Waals surface area (Å²) < 4.78 is 7.66. The van der Waals surface area contributed by atoms with Crippen molar-refractivity contribution in [1.29, 1.82) is 10.5 Å². The summed E-state index contributed by atoms with van der Waals surface area (Å²) in [6.07, 6.45) is 3.01. The molecule has 0 saturated heterocycles. The number of nitrogens with zero attached hydrogens (tertiary/aromatic N) is 5. The maximum atomic E-state index is 11.1. The number of allylic oxidation sites excluding steroid dienone is 1. The van der Waals surface area contributed by atoms with Crippen molar-refractivity contribution in [3.05, 3.63) is 56.4 Å². The molecule has 0 spiro atoms. The molecule has 1 heterocycles. The first kappa shape index (κ1) is 23.6. The number of rotatable bonds is 5. The molecule has 0 saturated carbocycles. The van der Waals surface area contributed by atoms with Crippen LogP contribution in [0.1, 0.15) is 63.9 Å². The lowest BCUT2D eigenvalue weighted by Gasteiger charge is -2.30. The van der Waals surface area contributed by atoms with Crippen LogP contribution in [0, 0.1) is 32.8 Å². The minimum Gasteiger partial charge on any atom is -0.485 e. The van der Waals surface area contributed by atoms with Crippen molar-refractivity contribution in [2.24, 2.45) is 7.05 Å². The molecule has 31 heavy (non-hydrogen) atoms. The molecule has 1 aromatic heterocycles. The summed E-state index contributed by atoms with van der Waals surface area (Å²) in [4.78, 5) is 14.4. The van der Waals surface area contributed by atoms with E-state index in [4.69, 9.17) is 15.3 Å². The van der Waals surface area contributed by atoms with Crippen LogP contribution in [0.15, 0.2) is 23.9 Å². The summed E-state index contributed by atoms with van der Waals surface area (Å²) in [7, 11) is 1.58. The van der Waals surface area contributed by atoms with Crippen LogP contribution in [-0.4, -0.2) is 14.5 Å². The van der Waals surface area contributed by atoms with Gasteiger partial charge in [-0.25, -0.2) is 4.57 Å². The monoisotopic (exact) mass is 421 g/mol. The van der Waals surface area contributed by atoms with Crippen LogP contribution in [0.5, 0.6) is 5.75 Å². The second-order valence-corrected chi connectivity index (χ2v) is 9.38. The standard InChI is InChI=1S/C23H27N5O3/c1-22(2,3)18-9-15(8-16(11-24)12-25)10-19(23(4,5)6)20(18)31-14-17-13-26-21(27(17)7)28(29)30/h8-10,13H,14H2,1-7H3. The molecule has 0 amide bonds. The molecule has 2 aromatic rings. The summed E-state index contributed by atoms with van der Waals surface area (Å²) in [5.41, 5.74) is 2.59. The number of ether oxygens (including phenoxy) is 1. The van der Waals surface area contributed by atoms with Crippen LogP contribution >= 0.6 is 0 Å². The fourth-order valence-electron chi connectivity index (χ4n) is 3.14. The average molecular weight is 422 g/mol. The van der Waals surface area contributed by atoms with Gasteiger partial charge in [-0.15, -0.1) is 0 Å². The Kier molecular flexibility index (Phi) is 6.56. The minimum atomic E-state index is -0.534. The lowest BCUT2D eigenvalue weighted by Crippen LogP contribution is -2.20. The SMILES string of the molecule is Cn1c(COc2c(C(C)(C)C)cc(C=C(C#N)C#N)cc2C(C)(C)C)cnc1[N+](=O)[O-]. The number of benzene rings is 1. The van der Waals surface area contributed by atoms with Gasteiger partial charge in [-0.1, -0.05) is 46.5 Å². The third kappa shape index (κ3) is 5.29. The van der Waals surface area contributed by atoms with Crippen LogP contribution in [0.4, 0.5) is 5.95 Å². The van der Waals surface area contributed by atoms with Crippen LogP contribution in [0.25, 0.3) is 6.08 Å². The molecular formula is C23H27N5O3. The highest BCUT2D eigenvalue weighted by Crippen LogP contribution is 2.41. The van der Waals surface area contributed by atoms with Gasteiger partial charge in [0.2, 0.25) is 0 Å². The Labute approximate surface area is 182 Å². The van der Waals surface area contributed by atoms with E-state index in [1.165, 1.54) is 10.8 Å². The molecule has 0 fully saturated rings. The Morgan fingerprint density at radius 1 is 1.16 bits per heavy atom. The predicted octanol–water partition coefficient (Wildman–Crippen LogP) is 4.93. The van der Waals surface area contributed by atoms with Gasteiger partial charge in [0.15, 0.2) is 5.69 Å². The number of aromatic nitrogens is 2. The minimum absolute atomic E-state index is 0.0237. The van der Waals surface area contributed by atoms with E-state index >= 15 is 0 Å². The third-order valence-electron chi connectivity index (χ3n) is 4.87. The molecule has 0 unspecified atom stereocenters. The molecule has 0 aliphatic carbocycles. The van der Waals surface area contributed by atoms with Gasteiger partial charge >= 0.3 is 5.95 Å². The highest BCUT2D eigenvalue weighted by atomic mass is 16.6. The summed E-state index contributed by atoms with van der Waals surface area (Å²) >= 11 is 0. The largest absolute Gasteiger partial charge is 0.485 e. The Morgan fingerprint density at radius 3 is 2.06 bits per heavy atom. The molecular weight excluding hydrogens is 394 g/mol. The van der Waals surface area contributed by atoms with E-state index in [-0.39, 0.29) is 29.0 Å². The lowest BCUT2D eigenvalue weighted by atomic mass is 9.78. The van der Waals surface area contributed by atoms with Crippen molar-refractivity contribution in [3.63, 3.8) is 0 Å². The van der Waals surface area contributed by atoms with Crippen molar-refractivity contribution in [1.82, 2.24) is 9.55 Å². The van der Waals surface area contributed by atoms with Crippen molar-refractivity contribution >= 4 is 12.0 Å². The molecule has 0 radical (unpaired) electrons. The zero-order valence-electron chi connectivity index (χ0n) is 19.0. The van der Waals surface area contributed by atoms with E-state index in [2.05, 4.69) is 46.5 Å². The molecule has 8 heteroatoms. The molecule has 0 bridgehead atoms. The van der Waals surface area contributed by atoms with Crippen LogP contribution in [-0.2, 0) is 24.5 Å². The second kappa shape index (κ2) is 8.61. The molecule has 0 aliphatic rings. The zero-order chi connectivity index (χ0) is 23.6. The third-order valence-corrected chi connectivity index (χ3v) is 4.87. The fourth-order valence-corrected chi connectivity index (χ4v) is 3.14. The van der Waals surface area contributed by atoms with E-state index in [9.17, 15) is 10.1 Å². The van der Waals surface area contributed by atoms with Gasteiger partial charge in [0.25, 0.3) is 0 Å². The van der Waals surface area contributed by atoms with E-state index in [1.807, 2.05) is 24.3 Å². The lowest BCUT2D eigenvalue weighted by molar-refractivity contribution is -0.396. The Bertz CT molecular complexity index is 1070. The molecule has 1 aromatic carbocycles. The maximum absolute atomic E-state index is 11.1. The fraction of sp³-hybridized carbons (Fsp3) is 0.435. The van der Waals surface area contributed by atoms with Crippen molar-refractivity contribution < 1.29 is 9.66 Å². The number of nitriles is 2. The van der Waals surface area contributed by atoms with Crippen molar-refractivity contribution in [2.45, 2.75) is 59.0 Å². The molecule has 0 N–H and O–H groups in total. The molecule has 162 valence electrons. The Hall–Kier alpha value is -3.65. The number of hydrogen-bond donors (Lipinski definition) is 0. The first-order valence-corrected chi connectivity index (χ1v) is 9.78. The zero-order valence-corrected chi connectivity index (χ0v) is 19.0. The summed E-state index contributed by atoms with van der Waals surface area (Å²) in [6, 6.07) is 7.64. The maximum Gasteiger partial charge on any atom is 0.434 e. The van der Waals surface area contributed by atoms with Gasteiger partial charge in [0.1, 0.15) is 36.3 Å². The number of imidazole rings is 1. The number of hydrogen-bond acceptors (Lipinski definition) is 6. The smallest absolute Gasteiger partial charge is 0.434 e. The number of nitro groups is 1. The van der Waals surface area contributed by atoms with Gasteiger partial charge in [-0.05, 0) is 39.5 Å². The quantitative estimate of drug-likeness (QED) is 0.383. The molecule has 2 rings (SSSR count). The second-order valence-electron chi connectivity index (χ2n) is 9.38. The topological polar surface area (TPSA) is 118 Å². The van der Waals surface area contributed by atoms with Crippen molar-refractivity contribution in [2.75, 3.05) is 0 Å². The molecule has 8 nitrogen and oxygen atoms in total. The van der Waals surface area contributed by atoms with E-state index in [0.29, 0.717) is 11.4 Å². The summed E-state index contributed by atoms with van der Waals surface area (Å²) in [5.74, 6) is 0.447. The van der Waals surface area contributed by atoms with Crippen LogP contribution in [0.2, 0.25) is 0 Å². The summed E-state index contributed by atoms with van der Waals surface area (Å²) in [6.45, 7) is 12.4. The van der Waals surface area contributed by atoms with Gasteiger partial charge in [0, 0.05) is 11.1 Å². The van der Waals surface area contributed by atoms with Crippen LogP contribution in [0.3, 0.4) is 0 Å². The highest BCUT2D eigenvalue weighted by Gasteiger charge is 2.28. The van der Waals surface area contributed by atoms with Gasteiger partial charge in [0.05, 0.1) is 7.05 Å². The van der Waals surface area contributed by atoms with E-state index < -0.39 is 4.92 Å². The van der Waals surface area contributed by atoms with E-state index in [1.54, 1.807) is 13.1 Å². The Balaban J connectivity index is 2.65. The Morgan fingerprint density at radius 2 is 1.68 bits per heavy atom. The molecule has 0 aliphatic heterocycles. The first-order chi connectivity index (χ1) is 14.3. The first-order valence-electron chi connectivity index (χ1n) is 9.78. The predicted molar refractivity (Wildman–Crippen MR) is 117 cm³/mol. The van der Waals surface area contributed by atoms with Gasteiger partial charge in [-0.2, -0.15) is 10.5 Å². The average Bonchev–Trinajstić information content (AvgIpc) is 3.03. The van der Waals surface area contributed by atoms with Gasteiger partial charge in [-0.3, -0.25) is 0 Å². The van der Waals surface area contributed by atoms with Gasteiger partial charge < -0.3 is 14.9 Å². The van der Waals surface area contributed by atoms with Crippen molar-refractivity contribution in [3.8, 4) is 17.9 Å². The van der Waals surface area contributed by atoms with Crippen LogP contribution < -0.4 is 4.74 Å². The summed E-state index contributed by atoms with van der Waals surface area (Å²) in [5, 5.41) is 29.4. The normalized spacial score (nSPS) is 11.4. The highest BCUT2D eigenvalue weighted by molar-refractivity contribution is 5.66.